The number of aliphatic hydroxyl groups is 1. The molecule has 0 spiro atoms. The Morgan fingerprint density at radius 2 is 2.06 bits per heavy atom. The first-order valence-corrected chi connectivity index (χ1v) is 5.27. The van der Waals surface area contributed by atoms with E-state index in [4.69, 9.17) is 33.4 Å². The molecule has 0 radical (unpaired) electrons. The van der Waals surface area contributed by atoms with Crippen molar-refractivity contribution in [3.05, 3.63) is 35.4 Å². The van der Waals surface area contributed by atoms with Gasteiger partial charge in [-0.05, 0) is 11.6 Å². The number of benzene rings is 1. The molecule has 4 nitrogen and oxygen atoms in total. The van der Waals surface area contributed by atoms with E-state index >= 15 is 0 Å². The van der Waals surface area contributed by atoms with E-state index in [1.807, 2.05) is 0 Å². The summed E-state index contributed by atoms with van der Waals surface area (Å²) in [5, 5.41) is 8.57. The van der Waals surface area contributed by atoms with Crippen molar-refractivity contribution in [2.45, 2.75) is 6.61 Å². The highest BCUT2D eigenvalue weighted by Crippen LogP contribution is 2.15. The molecule has 88 valence electrons. The van der Waals surface area contributed by atoms with Crippen LogP contribution in [0.5, 0.6) is 0 Å². The molecule has 0 unspecified atom stereocenters. The van der Waals surface area contributed by atoms with Gasteiger partial charge in [0.15, 0.2) is 0 Å². The van der Waals surface area contributed by atoms with Crippen molar-refractivity contribution in [3.8, 4) is 0 Å². The summed E-state index contributed by atoms with van der Waals surface area (Å²) in [6.45, 7) is 0.380. The van der Waals surface area contributed by atoms with Gasteiger partial charge in [-0.1, -0.05) is 18.2 Å². The average molecular weight is 264 g/mol. The van der Waals surface area contributed by atoms with Crippen molar-refractivity contribution in [3.63, 3.8) is 0 Å². The van der Waals surface area contributed by atoms with Crippen molar-refractivity contribution in [2.24, 2.45) is 0 Å². The molecule has 0 aliphatic heterocycles. The summed E-state index contributed by atoms with van der Waals surface area (Å²) in [6, 6.07) is 6.83. The molecule has 16 heavy (non-hydrogen) atoms. The van der Waals surface area contributed by atoms with Crippen LogP contribution in [0.3, 0.4) is 0 Å². The van der Waals surface area contributed by atoms with Gasteiger partial charge in [0.05, 0.1) is 19.8 Å². The summed E-state index contributed by atoms with van der Waals surface area (Å²) in [7, 11) is 0. The monoisotopic (exact) mass is 263 g/mol. The molecule has 0 aliphatic carbocycles. The van der Waals surface area contributed by atoms with Crippen LogP contribution in [0.2, 0.25) is 0 Å². The van der Waals surface area contributed by atoms with Gasteiger partial charge < -0.3 is 9.84 Å². The minimum absolute atomic E-state index is 0.0623. The van der Waals surface area contributed by atoms with Crippen LogP contribution >= 0.6 is 23.6 Å². The maximum atomic E-state index is 11.6. The fraction of sp³-hybridized carbons (Fsp3) is 0.300. The lowest BCUT2D eigenvalue weighted by Crippen LogP contribution is -2.14. The summed E-state index contributed by atoms with van der Waals surface area (Å²) in [5.74, 6) is -0.508. The molecule has 0 saturated carbocycles. The normalized spacial score (nSPS) is 10.2. The van der Waals surface area contributed by atoms with Crippen molar-refractivity contribution >= 4 is 29.5 Å². The largest absolute Gasteiger partial charge is 0.394 e. The number of carbonyl (C=O) groups is 1. The van der Waals surface area contributed by atoms with E-state index in [0.717, 1.165) is 0 Å². The number of amides is 1. The fourth-order valence-corrected chi connectivity index (χ4v) is 1.37. The lowest BCUT2D eigenvalue weighted by atomic mass is 10.1. The van der Waals surface area contributed by atoms with Gasteiger partial charge in [-0.15, -0.1) is 0 Å². The summed E-state index contributed by atoms with van der Waals surface area (Å²) in [6.07, 6.45) is 0. The molecule has 6 heteroatoms. The van der Waals surface area contributed by atoms with E-state index in [0.29, 0.717) is 15.1 Å². The second kappa shape index (κ2) is 6.70. The molecule has 0 fully saturated rings. The molecule has 1 rings (SSSR count). The van der Waals surface area contributed by atoms with Crippen LogP contribution in [-0.2, 0) is 11.3 Å². The van der Waals surface area contributed by atoms with Crippen molar-refractivity contribution in [1.82, 2.24) is 3.94 Å². The van der Waals surface area contributed by atoms with Crippen molar-refractivity contribution < 1.29 is 14.6 Å². The van der Waals surface area contributed by atoms with Crippen LogP contribution in [0.4, 0.5) is 0 Å². The highest BCUT2D eigenvalue weighted by atomic mass is 35.5. The van der Waals surface area contributed by atoms with Gasteiger partial charge in [0.1, 0.15) is 0 Å². The zero-order valence-electron chi connectivity index (χ0n) is 8.40. The van der Waals surface area contributed by atoms with Crippen molar-refractivity contribution in [1.29, 1.82) is 0 Å². The van der Waals surface area contributed by atoms with E-state index in [9.17, 15) is 4.79 Å². The molecular weight excluding hydrogens is 253 g/mol. The number of nitrogens with zero attached hydrogens (tertiary/aromatic N) is 1. The Kier molecular flexibility index (Phi) is 5.55. The second-order valence-corrected chi connectivity index (χ2v) is 3.82. The Bertz CT molecular complexity index is 358. The SMILES string of the molecule is O=C(c1ccccc1COCCO)N(Cl)Cl. The Labute approximate surface area is 104 Å². The number of hydrogen-bond donors (Lipinski definition) is 1. The maximum absolute atomic E-state index is 11.6. The number of ether oxygens (including phenoxy) is 1. The summed E-state index contributed by atoms with van der Waals surface area (Å²) in [4.78, 5) is 11.6. The smallest absolute Gasteiger partial charge is 0.283 e. The van der Waals surface area contributed by atoms with E-state index in [1.165, 1.54) is 0 Å². The Hall–Kier alpha value is -0.810. The third-order valence-electron chi connectivity index (χ3n) is 1.89. The summed E-state index contributed by atoms with van der Waals surface area (Å²) < 4.78 is 5.61. The third-order valence-corrected chi connectivity index (χ3v) is 2.20. The highest BCUT2D eigenvalue weighted by molar-refractivity contribution is 6.43. The van der Waals surface area contributed by atoms with Gasteiger partial charge >= 0.3 is 0 Å². The zero-order valence-corrected chi connectivity index (χ0v) is 9.91. The Balaban J connectivity index is 2.79. The Morgan fingerprint density at radius 1 is 1.38 bits per heavy atom. The van der Waals surface area contributed by atoms with Gasteiger partial charge in [0.25, 0.3) is 5.91 Å². The molecule has 0 aromatic heterocycles. The van der Waals surface area contributed by atoms with E-state index in [2.05, 4.69) is 0 Å². The predicted molar refractivity (Wildman–Crippen MR) is 61.1 cm³/mol. The standard InChI is InChI=1S/C10H11Cl2NO3/c11-13(12)10(15)9-4-2-1-3-8(9)7-16-6-5-14/h1-4,14H,5-7H2. The molecule has 1 aromatic carbocycles. The van der Waals surface area contributed by atoms with Crippen LogP contribution in [0.1, 0.15) is 15.9 Å². The van der Waals surface area contributed by atoms with E-state index < -0.39 is 5.91 Å². The molecule has 1 N–H and O–H groups in total. The molecule has 1 amide bonds. The first-order chi connectivity index (χ1) is 7.66. The molecular formula is C10H11Cl2NO3. The first-order valence-electron chi connectivity index (χ1n) is 4.59. The number of aliphatic hydroxyl groups excluding tert-OH is 1. The number of rotatable bonds is 5. The minimum atomic E-state index is -0.508. The number of hydrogen-bond acceptors (Lipinski definition) is 3. The van der Waals surface area contributed by atoms with Gasteiger partial charge in [-0.3, -0.25) is 4.79 Å². The Morgan fingerprint density at radius 3 is 2.69 bits per heavy atom. The number of carbonyl (C=O) groups excluding carboxylic acids is 1. The molecule has 0 atom stereocenters. The minimum Gasteiger partial charge on any atom is -0.394 e. The molecule has 0 bridgehead atoms. The number of halogens is 2. The lowest BCUT2D eigenvalue weighted by molar-refractivity contribution is 0.0794. The van der Waals surface area contributed by atoms with Crippen LogP contribution in [-0.4, -0.2) is 28.2 Å². The quantitative estimate of drug-likeness (QED) is 0.653. The molecule has 1 aromatic rings. The zero-order chi connectivity index (χ0) is 12.0. The van der Waals surface area contributed by atoms with E-state index in [-0.39, 0.29) is 19.8 Å². The maximum Gasteiger partial charge on any atom is 0.283 e. The van der Waals surface area contributed by atoms with Crippen LogP contribution < -0.4 is 0 Å². The van der Waals surface area contributed by atoms with Gasteiger partial charge in [-0.25, -0.2) is 0 Å². The lowest BCUT2D eigenvalue weighted by Gasteiger charge is -2.10. The fourth-order valence-electron chi connectivity index (χ4n) is 1.19. The van der Waals surface area contributed by atoms with Gasteiger partial charge in [0, 0.05) is 29.1 Å². The third kappa shape index (κ3) is 3.64. The highest BCUT2D eigenvalue weighted by Gasteiger charge is 2.15. The van der Waals surface area contributed by atoms with Crippen LogP contribution in [0, 0.1) is 0 Å². The predicted octanol–water partition coefficient (Wildman–Crippen LogP) is 1.95. The van der Waals surface area contributed by atoms with Gasteiger partial charge in [0.2, 0.25) is 0 Å². The van der Waals surface area contributed by atoms with Crippen LogP contribution in [0.15, 0.2) is 24.3 Å². The first kappa shape index (κ1) is 13.3. The molecule has 0 saturated heterocycles. The van der Waals surface area contributed by atoms with E-state index in [1.54, 1.807) is 24.3 Å². The second-order valence-electron chi connectivity index (χ2n) is 2.97. The molecule has 0 aliphatic rings. The molecule has 0 heterocycles. The summed E-state index contributed by atoms with van der Waals surface area (Å²) >= 11 is 10.7. The van der Waals surface area contributed by atoms with Crippen LogP contribution in [0.25, 0.3) is 0 Å². The summed E-state index contributed by atoms with van der Waals surface area (Å²) in [5.41, 5.74) is 1.05. The average Bonchev–Trinajstić information content (AvgIpc) is 2.29. The van der Waals surface area contributed by atoms with Crippen molar-refractivity contribution in [2.75, 3.05) is 13.2 Å². The van der Waals surface area contributed by atoms with Gasteiger partial charge in [-0.2, -0.15) is 3.94 Å². The topological polar surface area (TPSA) is 49.8 Å².